The number of hydrogen-bond acceptors (Lipinski definition) is 3. The van der Waals surface area contributed by atoms with Gasteiger partial charge >= 0.3 is 0 Å². The summed E-state index contributed by atoms with van der Waals surface area (Å²) < 4.78 is 25.4. The van der Waals surface area contributed by atoms with Crippen molar-refractivity contribution in [3.63, 3.8) is 0 Å². The molecule has 0 aliphatic carbocycles. The molecule has 0 radical (unpaired) electrons. The van der Waals surface area contributed by atoms with Gasteiger partial charge in [-0.05, 0) is 47.9 Å². The lowest BCUT2D eigenvalue weighted by atomic mass is 10.2. The van der Waals surface area contributed by atoms with E-state index in [0.717, 1.165) is 11.1 Å². The lowest BCUT2D eigenvalue weighted by Crippen LogP contribution is -2.24. The molecule has 0 spiro atoms. The van der Waals surface area contributed by atoms with Crippen molar-refractivity contribution in [2.45, 2.75) is 13.0 Å². The molecule has 1 heterocycles. The van der Waals surface area contributed by atoms with Crippen LogP contribution in [0.15, 0.2) is 48.5 Å². The third kappa shape index (κ3) is 4.87. The highest BCUT2D eigenvalue weighted by Crippen LogP contribution is 2.25. The fraction of sp³-hybridized carbons (Fsp3) is 0.250. The van der Waals surface area contributed by atoms with E-state index in [1.807, 2.05) is 6.07 Å². The van der Waals surface area contributed by atoms with Gasteiger partial charge in [-0.15, -0.1) is 0 Å². The van der Waals surface area contributed by atoms with Gasteiger partial charge in [0.25, 0.3) is 0 Å². The van der Waals surface area contributed by atoms with Crippen molar-refractivity contribution in [3.8, 4) is 0 Å². The van der Waals surface area contributed by atoms with Gasteiger partial charge in [0.1, 0.15) is 0 Å². The minimum absolute atomic E-state index is 0.155. The third-order valence-corrected chi connectivity index (χ3v) is 7.09. The summed E-state index contributed by atoms with van der Waals surface area (Å²) in [7, 11) is -1.48. The monoisotopic (exact) mass is 438 g/mol. The maximum Gasteiger partial charge on any atom is 0.246 e. The molecule has 148 valence electrons. The number of carbonyl (C=O) groups is 1. The second kappa shape index (κ2) is 8.55. The standard InChI is InChI=1S/C20H20Cl2N2O3S/c1-23(14-16-5-9-18(21)19(22)13-16)20(25)10-6-15-3-7-17(8-4-15)24-11-2-12-28(24,26)27/h3-10,13H,2,11-12,14H2,1H3. The summed E-state index contributed by atoms with van der Waals surface area (Å²) in [6, 6.07) is 12.4. The summed E-state index contributed by atoms with van der Waals surface area (Å²) in [6.45, 7) is 0.918. The van der Waals surface area contributed by atoms with Crippen LogP contribution >= 0.6 is 23.2 Å². The first-order chi connectivity index (χ1) is 13.3. The molecule has 0 N–H and O–H groups in total. The Bertz CT molecular complexity index is 1000. The Balaban J connectivity index is 1.62. The zero-order chi connectivity index (χ0) is 20.3. The van der Waals surface area contributed by atoms with E-state index in [4.69, 9.17) is 23.2 Å². The molecule has 0 atom stereocenters. The van der Waals surface area contributed by atoms with Gasteiger partial charge in [-0.2, -0.15) is 0 Å². The zero-order valence-corrected chi connectivity index (χ0v) is 17.6. The number of likely N-dealkylation sites (N-methyl/N-ethyl adjacent to an activating group) is 1. The summed E-state index contributed by atoms with van der Waals surface area (Å²) in [4.78, 5) is 13.9. The molecule has 5 nitrogen and oxygen atoms in total. The van der Waals surface area contributed by atoms with Crippen LogP contribution in [-0.4, -0.2) is 38.6 Å². The molecule has 1 saturated heterocycles. The first-order valence-electron chi connectivity index (χ1n) is 8.74. The Morgan fingerprint density at radius 1 is 1.14 bits per heavy atom. The van der Waals surface area contributed by atoms with E-state index in [0.29, 0.717) is 35.2 Å². The smallest absolute Gasteiger partial charge is 0.246 e. The largest absolute Gasteiger partial charge is 0.338 e. The average Bonchev–Trinajstić information content (AvgIpc) is 3.02. The van der Waals surface area contributed by atoms with Gasteiger partial charge in [0.05, 0.1) is 21.5 Å². The van der Waals surface area contributed by atoms with Crippen LogP contribution in [0.4, 0.5) is 5.69 Å². The number of nitrogens with zero attached hydrogens (tertiary/aromatic N) is 2. The van der Waals surface area contributed by atoms with Crippen molar-refractivity contribution >= 4 is 50.9 Å². The van der Waals surface area contributed by atoms with Crippen molar-refractivity contribution in [3.05, 3.63) is 69.7 Å². The highest BCUT2D eigenvalue weighted by molar-refractivity contribution is 7.93. The minimum atomic E-state index is -3.19. The molecular weight excluding hydrogens is 419 g/mol. The normalized spacial score (nSPS) is 15.9. The zero-order valence-electron chi connectivity index (χ0n) is 15.3. The summed E-state index contributed by atoms with van der Waals surface area (Å²) >= 11 is 11.9. The highest BCUT2D eigenvalue weighted by Gasteiger charge is 2.28. The van der Waals surface area contributed by atoms with E-state index in [1.54, 1.807) is 54.4 Å². The van der Waals surface area contributed by atoms with Gasteiger partial charge in [0, 0.05) is 26.2 Å². The molecule has 2 aromatic carbocycles. The number of carbonyl (C=O) groups excluding carboxylic acids is 1. The molecule has 0 aromatic heterocycles. The number of sulfonamides is 1. The molecular formula is C20H20Cl2N2O3S. The molecule has 8 heteroatoms. The van der Waals surface area contributed by atoms with E-state index in [2.05, 4.69) is 0 Å². The Morgan fingerprint density at radius 3 is 2.46 bits per heavy atom. The van der Waals surface area contributed by atoms with E-state index >= 15 is 0 Å². The number of anilines is 1. The summed E-state index contributed by atoms with van der Waals surface area (Å²) in [5.41, 5.74) is 2.35. The van der Waals surface area contributed by atoms with Crippen LogP contribution < -0.4 is 4.31 Å². The van der Waals surface area contributed by atoms with Crippen LogP contribution in [0.25, 0.3) is 6.08 Å². The van der Waals surface area contributed by atoms with Gasteiger partial charge in [-0.25, -0.2) is 8.42 Å². The number of amides is 1. The van der Waals surface area contributed by atoms with E-state index in [9.17, 15) is 13.2 Å². The molecule has 0 saturated carbocycles. The molecule has 1 aliphatic heterocycles. The maximum atomic E-state index is 12.3. The van der Waals surface area contributed by atoms with Crippen LogP contribution in [0.1, 0.15) is 17.5 Å². The average molecular weight is 439 g/mol. The number of hydrogen-bond donors (Lipinski definition) is 0. The maximum absolute atomic E-state index is 12.3. The predicted molar refractivity (Wildman–Crippen MR) is 114 cm³/mol. The van der Waals surface area contributed by atoms with Gasteiger partial charge in [0.15, 0.2) is 0 Å². The van der Waals surface area contributed by atoms with Crippen molar-refractivity contribution in [2.24, 2.45) is 0 Å². The van der Waals surface area contributed by atoms with E-state index < -0.39 is 10.0 Å². The molecule has 28 heavy (non-hydrogen) atoms. The van der Waals surface area contributed by atoms with Crippen molar-refractivity contribution < 1.29 is 13.2 Å². The van der Waals surface area contributed by atoms with Gasteiger partial charge in [-0.1, -0.05) is 41.4 Å². The number of rotatable bonds is 5. The lowest BCUT2D eigenvalue weighted by molar-refractivity contribution is -0.125. The quantitative estimate of drug-likeness (QED) is 0.656. The number of benzene rings is 2. The summed E-state index contributed by atoms with van der Waals surface area (Å²) in [5, 5.41) is 0.931. The fourth-order valence-corrected chi connectivity index (χ4v) is 4.85. The van der Waals surface area contributed by atoms with Crippen molar-refractivity contribution in [1.29, 1.82) is 0 Å². The molecule has 1 fully saturated rings. The van der Waals surface area contributed by atoms with Crippen LogP contribution in [0.2, 0.25) is 10.0 Å². The van der Waals surface area contributed by atoms with Crippen molar-refractivity contribution in [2.75, 3.05) is 23.7 Å². The third-order valence-electron chi connectivity index (χ3n) is 4.48. The second-order valence-corrected chi connectivity index (χ2v) is 9.44. The molecule has 2 aromatic rings. The van der Waals surface area contributed by atoms with Gasteiger partial charge in [0.2, 0.25) is 15.9 Å². The lowest BCUT2D eigenvalue weighted by Gasteiger charge is -2.17. The van der Waals surface area contributed by atoms with Gasteiger partial charge < -0.3 is 4.90 Å². The molecule has 0 bridgehead atoms. The Labute approximate surface area is 175 Å². The summed E-state index contributed by atoms with van der Waals surface area (Å²) in [6.07, 6.45) is 3.83. The molecule has 0 unspecified atom stereocenters. The Morgan fingerprint density at radius 2 is 1.86 bits per heavy atom. The predicted octanol–water partition coefficient (Wildman–Crippen LogP) is 4.21. The first kappa shape index (κ1) is 20.7. The molecule has 1 amide bonds. The SMILES string of the molecule is CN(Cc1ccc(Cl)c(Cl)c1)C(=O)C=Cc1ccc(N2CCCS2(=O)=O)cc1. The summed E-state index contributed by atoms with van der Waals surface area (Å²) in [5.74, 6) is 0.0335. The topological polar surface area (TPSA) is 57.7 Å². The second-order valence-electron chi connectivity index (χ2n) is 6.61. The van der Waals surface area contributed by atoms with E-state index in [1.165, 1.54) is 10.4 Å². The molecule has 3 rings (SSSR count). The van der Waals surface area contributed by atoms with Crippen LogP contribution in [0.5, 0.6) is 0 Å². The minimum Gasteiger partial charge on any atom is -0.338 e. The van der Waals surface area contributed by atoms with Crippen LogP contribution in [0.3, 0.4) is 0 Å². The van der Waals surface area contributed by atoms with E-state index in [-0.39, 0.29) is 11.7 Å². The van der Waals surface area contributed by atoms with Crippen molar-refractivity contribution in [1.82, 2.24) is 4.90 Å². The Kier molecular flexibility index (Phi) is 6.33. The Hall–Kier alpha value is -2.02. The molecule has 1 aliphatic rings. The highest BCUT2D eigenvalue weighted by atomic mass is 35.5. The first-order valence-corrected chi connectivity index (χ1v) is 11.1. The van der Waals surface area contributed by atoms with Gasteiger partial charge in [-0.3, -0.25) is 9.10 Å². The van der Waals surface area contributed by atoms with Crippen LogP contribution in [-0.2, 0) is 21.4 Å². The fourth-order valence-electron chi connectivity index (χ4n) is 2.97. The van der Waals surface area contributed by atoms with Crippen LogP contribution in [0, 0.1) is 0 Å². The number of halogens is 2.